The number of nitrogens with zero attached hydrogens (tertiary/aromatic N) is 2. The molecule has 2 atom stereocenters. The van der Waals surface area contributed by atoms with Crippen LogP contribution in [0.4, 0.5) is 8.78 Å². The van der Waals surface area contributed by atoms with Crippen molar-refractivity contribution in [2.75, 3.05) is 26.2 Å². The molecule has 0 aliphatic carbocycles. The maximum atomic E-state index is 13.6. The van der Waals surface area contributed by atoms with E-state index in [-0.39, 0.29) is 43.2 Å². The van der Waals surface area contributed by atoms with E-state index in [4.69, 9.17) is 0 Å². The Bertz CT molecular complexity index is 825. The van der Waals surface area contributed by atoms with Crippen molar-refractivity contribution in [1.82, 2.24) is 25.7 Å². The van der Waals surface area contributed by atoms with Gasteiger partial charge in [0.15, 0.2) is 0 Å². The average Bonchev–Trinajstić information content (AvgIpc) is 3.27. The van der Waals surface area contributed by atoms with Crippen molar-refractivity contribution in [1.29, 1.82) is 0 Å². The Kier molecular flexibility index (Phi) is 7.47. The Morgan fingerprint density at radius 2 is 1.89 bits per heavy atom. The number of carbonyl (C=O) groups is 2. The van der Waals surface area contributed by atoms with E-state index in [0.717, 1.165) is 17.7 Å². The number of nitrogens with one attached hydrogen (secondary N) is 3. The van der Waals surface area contributed by atoms with Crippen LogP contribution in [0.5, 0.6) is 0 Å². The fourth-order valence-electron chi connectivity index (χ4n) is 3.23. The summed E-state index contributed by atoms with van der Waals surface area (Å²) in [4.78, 5) is 24.4. The van der Waals surface area contributed by atoms with Crippen molar-refractivity contribution < 1.29 is 18.4 Å². The first-order chi connectivity index (χ1) is 13.0. The summed E-state index contributed by atoms with van der Waals surface area (Å²) in [6.07, 6.45) is 3.64. The molecule has 28 heavy (non-hydrogen) atoms. The second-order valence-electron chi connectivity index (χ2n) is 6.46. The summed E-state index contributed by atoms with van der Waals surface area (Å²) in [6.45, 7) is 1.47. The van der Waals surface area contributed by atoms with Gasteiger partial charge in [0.1, 0.15) is 17.2 Å². The molecular formula is C18H22ClF2N5O2. The lowest BCUT2D eigenvalue weighted by Gasteiger charge is -2.17. The van der Waals surface area contributed by atoms with Gasteiger partial charge in [-0.15, -0.1) is 12.4 Å². The van der Waals surface area contributed by atoms with Crippen molar-refractivity contribution in [3.05, 3.63) is 53.4 Å². The predicted octanol–water partition coefficient (Wildman–Crippen LogP) is 0.969. The molecule has 1 saturated heterocycles. The molecule has 3 N–H and O–H groups in total. The molecule has 152 valence electrons. The van der Waals surface area contributed by atoms with E-state index in [2.05, 4.69) is 21.0 Å². The standard InChI is InChI=1S/C18H21F2N5O2.ClH/c1-25-10-11(7-24-25)12-8-21-9-13(12)17(26)22-5-6-23-18(27)16-14(19)3-2-4-15(16)20;/h2-4,7,10,12-13,21H,5-6,8-9H2,1H3,(H,22,26)(H,23,27);1H/t12-,13+;/m1./s1. The molecule has 2 amide bonds. The smallest absolute Gasteiger partial charge is 0.257 e. The number of amides is 2. The van der Waals surface area contributed by atoms with Crippen molar-refractivity contribution in [2.24, 2.45) is 13.0 Å². The highest BCUT2D eigenvalue weighted by Crippen LogP contribution is 2.27. The van der Waals surface area contributed by atoms with Gasteiger partial charge in [0.2, 0.25) is 5.91 Å². The molecule has 0 saturated carbocycles. The number of aryl methyl sites for hydroxylation is 1. The monoisotopic (exact) mass is 413 g/mol. The molecule has 2 aromatic rings. The van der Waals surface area contributed by atoms with Crippen LogP contribution in [0.1, 0.15) is 21.8 Å². The molecule has 7 nitrogen and oxygen atoms in total. The molecule has 1 aromatic carbocycles. The Morgan fingerprint density at radius 1 is 1.21 bits per heavy atom. The van der Waals surface area contributed by atoms with E-state index in [9.17, 15) is 18.4 Å². The third-order valence-corrected chi connectivity index (χ3v) is 4.60. The highest BCUT2D eigenvalue weighted by atomic mass is 35.5. The van der Waals surface area contributed by atoms with Crippen molar-refractivity contribution in [2.45, 2.75) is 5.92 Å². The minimum atomic E-state index is -0.923. The third-order valence-electron chi connectivity index (χ3n) is 4.60. The molecule has 1 aliphatic rings. The molecule has 0 spiro atoms. The summed E-state index contributed by atoms with van der Waals surface area (Å²) < 4.78 is 28.8. The molecule has 1 fully saturated rings. The van der Waals surface area contributed by atoms with E-state index in [1.165, 1.54) is 6.07 Å². The fourth-order valence-corrected chi connectivity index (χ4v) is 3.23. The summed E-state index contributed by atoms with van der Waals surface area (Å²) in [6, 6.07) is 3.23. The zero-order valence-corrected chi connectivity index (χ0v) is 16.1. The van der Waals surface area contributed by atoms with Gasteiger partial charge in [0.05, 0.1) is 12.1 Å². The topological polar surface area (TPSA) is 88.0 Å². The summed E-state index contributed by atoms with van der Waals surface area (Å²) in [5.41, 5.74) is 0.367. The minimum Gasteiger partial charge on any atom is -0.354 e. The molecular weight excluding hydrogens is 392 g/mol. The van der Waals surface area contributed by atoms with E-state index in [1.807, 2.05) is 13.2 Å². The maximum absolute atomic E-state index is 13.6. The van der Waals surface area contributed by atoms with Crippen LogP contribution in [0.2, 0.25) is 0 Å². The van der Waals surface area contributed by atoms with Crippen LogP contribution in [-0.2, 0) is 11.8 Å². The quantitative estimate of drug-likeness (QED) is 0.616. The van der Waals surface area contributed by atoms with Gasteiger partial charge in [-0.1, -0.05) is 6.07 Å². The first-order valence-corrected chi connectivity index (χ1v) is 8.66. The SMILES string of the molecule is Cl.Cn1cc([C@H]2CNC[C@@H]2C(=O)NCCNC(=O)c2c(F)cccc2F)cn1. The fraction of sp³-hybridized carbons (Fsp3) is 0.389. The predicted molar refractivity (Wildman–Crippen MR) is 101 cm³/mol. The Hall–Kier alpha value is -2.52. The van der Waals surface area contributed by atoms with Gasteiger partial charge in [-0.3, -0.25) is 14.3 Å². The molecule has 0 unspecified atom stereocenters. The molecule has 2 heterocycles. The highest BCUT2D eigenvalue weighted by Gasteiger charge is 2.34. The lowest BCUT2D eigenvalue weighted by Crippen LogP contribution is -2.39. The summed E-state index contributed by atoms with van der Waals surface area (Å²) in [7, 11) is 1.82. The summed E-state index contributed by atoms with van der Waals surface area (Å²) in [5, 5.41) is 12.5. The van der Waals surface area contributed by atoms with Gasteiger partial charge in [-0.25, -0.2) is 8.78 Å². The summed E-state index contributed by atoms with van der Waals surface area (Å²) >= 11 is 0. The first-order valence-electron chi connectivity index (χ1n) is 8.66. The van der Waals surface area contributed by atoms with Crippen LogP contribution >= 0.6 is 12.4 Å². The van der Waals surface area contributed by atoms with E-state index >= 15 is 0 Å². The number of hydrogen-bond donors (Lipinski definition) is 3. The van der Waals surface area contributed by atoms with Gasteiger partial charge >= 0.3 is 0 Å². The van der Waals surface area contributed by atoms with E-state index in [0.29, 0.717) is 13.1 Å². The summed E-state index contributed by atoms with van der Waals surface area (Å²) in [5.74, 6) is -3.05. The maximum Gasteiger partial charge on any atom is 0.257 e. The molecule has 3 rings (SSSR count). The minimum absolute atomic E-state index is 0. The van der Waals surface area contributed by atoms with Crippen LogP contribution < -0.4 is 16.0 Å². The van der Waals surface area contributed by atoms with E-state index < -0.39 is 23.1 Å². The van der Waals surface area contributed by atoms with Crippen molar-refractivity contribution >= 4 is 24.2 Å². The zero-order valence-electron chi connectivity index (χ0n) is 15.2. The largest absolute Gasteiger partial charge is 0.354 e. The van der Waals surface area contributed by atoms with Crippen molar-refractivity contribution in [3.63, 3.8) is 0 Å². The lowest BCUT2D eigenvalue weighted by molar-refractivity contribution is -0.124. The third kappa shape index (κ3) is 4.85. The number of halogens is 3. The Morgan fingerprint density at radius 3 is 2.54 bits per heavy atom. The molecule has 0 radical (unpaired) electrons. The Labute approximate surface area is 167 Å². The van der Waals surface area contributed by atoms with Crippen molar-refractivity contribution in [3.8, 4) is 0 Å². The van der Waals surface area contributed by atoms with Gasteiger partial charge in [0.25, 0.3) is 5.91 Å². The first kappa shape index (κ1) is 21.8. The van der Waals surface area contributed by atoms with Crippen LogP contribution in [0.15, 0.2) is 30.6 Å². The van der Waals surface area contributed by atoms with Gasteiger partial charge in [-0.05, 0) is 17.7 Å². The zero-order chi connectivity index (χ0) is 19.4. The van der Waals surface area contributed by atoms with Gasteiger partial charge < -0.3 is 16.0 Å². The number of benzene rings is 1. The lowest BCUT2D eigenvalue weighted by atomic mass is 9.90. The van der Waals surface area contributed by atoms with Crippen LogP contribution in [0.3, 0.4) is 0 Å². The number of carbonyl (C=O) groups excluding carboxylic acids is 2. The van der Waals surface area contributed by atoms with E-state index in [1.54, 1.807) is 10.9 Å². The molecule has 0 bridgehead atoms. The number of hydrogen-bond acceptors (Lipinski definition) is 4. The molecule has 1 aromatic heterocycles. The second kappa shape index (κ2) is 9.61. The number of rotatable bonds is 6. The molecule has 10 heteroatoms. The van der Waals surface area contributed by atoms with Crippen LogP contribution in [0.25, 0.3) is 0 Å². The van der Waals surface area contributed by atoms with Crippen LogP contribution in [0, 0.1) is 17.6 Å². The van der Waals surface area contributed by atoms with Gasteiger partial charge in [-0.2, -0.15) is 5.10 Å². The average molecular weight is 414 g/mol. The molecule has 1 aliphatic heterocycles. The highest BCUT2D eigenvalue weighted by molar-refractivity contribution is 5.94. The normalized spacial score (nSPS) is 18.4. The van der Waals surface area contributed by atoms with Crippen LogP contribution in [-0.4, -0.2) is 47.8 Å². The second-order valence-corrected chi connectivity index (χ2v) is 6.46. The Balaban J connectivity index is 0.00000280. The number of aromatic nitrogens is 2. The van der Waals surface area contributed by atoms with Gasteiger partial charge in [0, 0.05) is 45.3 Å².